The SMILES string of the molecule is CNCC(=O)OOC(=O)C(F)(F)F. The molecule has 0 radical (unpaired) electrons. The molecule has 0 aliphatic heterocycles. The zero-order chi connectivity index (χ0) is 10.5. The first-order chi connectivity index (χ1) is 5.88. The third-order valence-corrected chi connectivity index (χ3v) is 0.763. The van der Waals surface area contributed by atoms with Gasteiger partial charge in [0.1, 0.15) is 0 Å². The molecule has 0 saturated carbocycles. The number of carbonyl (C=O) groups is 2. The molecule has 5 nitrogen and oxygen atoms in total. The van der Waals surface area contributed by atoms with Gasteiger partial charge in [0.2, 0.25) is 0 Å². The first-order valence-corrected chi connectivity index (χ1v) is 3.01. The number of nitrogens with one attached hydrogen (secondary N) is 1. The number of alkyl halides is 3. The van der Waals surface area contributed by atoms with Gasteiger partial charge in [-0.25, -0.2) is 19.4 Å². The highest BCUT2D eigenvalue weighted by atomic mass is 19.4. The largest absolute Gasteiger partial charge is 0.495 e. The maximum Gasteiger partial charge on any atom is 0.495 e. The number of rotatable bonds is 2. The highest BCUT2D eigenvalue weighted by molar-refractivity contribution is 5.77. The summed E-state index contributed by atoms with van der Waals surface area (Å²) in [5.74, 6) is -3.70. The van der Waals surface area contributed by atoms with E-state index in [1.54, 1.807) is 0 Å². The Morgan fingerprint density at radius 3 is 2.23 bits per heavy atom. The molecule has 0 aliphatic rings. The predicted octanol–water partition coefficient (Wildman–Crippen LogP) is -0.231. The first-order valence-electron chi connectivity index (χ1n) is 3.01. The Hall–Kier alpha value is -1.31. The third-order valence-electron chi connectivity index (χ3n) is 0.763. The number of carbonyl (C=O) groups excluding carboxylic acids is 2. The molecule has 0 aromatic heterocycles. The van der Waals surface area contributed by atoms with Crippen LogP contribution in [0.2, 0.25) is 0 Å². The zero-order valence-electron chi connectivity index (χ0n) is 6.47. The van der Waals surface area contributed by atoms with Crippen molar-refractivity contribution < 1.29 is 32.5 Å². The number of hydrogen-bond acceptors (Lipinski definition) is 5. The van der Waals surface area contributed by atoms with E-state index >= 15 is 0 Å². The second-order valence-corrected chi connectivity index (χ2v) is 1.85. The van der Waals surface area contributed by atoms with Crippen LogP contribution in [0.3, 0.4) is 0 Å². The van der Waals surface area contributed by atoms with Gasteiger partial charge in [-0.05, 0) is 7.05 Å². The Bertz CT molecular complexity index is 202. The summed E-state index contributed by atoms with van der Waals surface area (Å²) in [4.78, 5) is 26.9. The van der Waals surface area contributed by atoms with Crippen molar-refractivity contribution >= 4 is 11.9 Å². The molecule has 8 heteroatoms. The molecule has 0 bridgehead atoms. The van der Waals surface area contributed by atoms with Crippen molar-refractivity contribution in [1.29, 1.82) is 0 Å². The summed E-state index contributed by atoms with van der Waals surface area (Å²) >= 11 is 0. The van der Waals surface area contributed by atoms with Crippen molar-refractivity contribution in [2.24, 2.45) is 0 Å². The molecule has 0 fully saturated rings. The van der Waals surface area contributed by atoms with Crippen LogP contribution in [-0.2, 0) is 19.4 Å². The van der Waals surface area contributed by atoms with Crippen LogP contribution in [0, 0.1) is 0 Å². The van der Waals surface area contributed by atoms with E-state index in [2.05, 4.69) is 15.1 Å². The molecule has 0 atom stereocenters. The highest BCUT2D eigenvalue weighted by Gasteiger charge is 2.43. The molecule has 0 aromatic rings. The Kier molecular flexibility index (Phi) is 4.18. The van der Waals surface area contributed by atoms with E-state index in [0.29, 0.717) is 0 Å². The molecule has 13 heavy (non-hydrogen) atoms. The highest BCUT2D eigenvalue weighted by Crippen LogP contribution is 2.16. The van der Waals surface area contributed by atoms with Gasteiger partial charge in [0.25, 0.3) is 0 Å². The van der Waals surface area contributed by atoms with Crippen molar-refractivity contribution in [2.75, 3.05) is 13.6 Å². The summed E-state index contributed by atoms with van der Waals surface area (Å²) in [5.41, 5.74) is 0. The van der Waals surface area contributed by atoms with Gasteiger partial charge in [0.15, 0.2) is 0 Å². The van der Waals surface area contributed by atoms with Gasteiger partial charge < -0.3 is 5.32 Å². The normalized spacial score (nSPS) is 10.8. The molecular formula is C5H6F3NO4. The molecule has 0 spiro atoms. The van der Waals surface area contributed by atoms with Crippen LogP contribution in [0.5, 0.6) is 0 Å². The van der Waals surface area contributed by atoms with Crippen molar-refractivity contribution in [3.05, 3.63) is 0 Å². The minimum Gasteiger partial charge on any atom is -0.310 e. The van der Waals surface area contributed by atoms with Crippen molar-refractivity contribution in [3.8, 4) is 0 Å². The molecule has 1 N–H and O–H groups in total. The van der Waals surface area contributed by atoms with Crippen LogP contribution in [0.15, 0.2) is 0 Å². The fourth-order valence-electron chi connectivity index (χ4n) is 0.305. The van der Waals surface area contributed by atoms with Crippen LogP contribution >= 0.6 is 0 Å². The predicted molar refractivity (Wildman–Crippen MR) is 32.2 cm³/mol. The minimum atomic E-state index is -5.17. The smallest absolute Gasteiger partial charge is 0.310 e. The third kappa shape index (κ3) is 5.01. The summed E-state index contributed by atoms with van der Waals surface area (Å²) in [7, 11) is 1.37. The fourth-order valence-corrected chi connectivity index (χ4v) is 0.305. The van der Waals surface area contributed by atoms with Crippen molar-refractivity contribution in [1.82, 2.24) is 5.32 Å². The lowest BCUT2D eigenvalue weighted by atomic mass is 10.7. The average Bonchev–Trinajstić information content (AvgIpc) is 1.99. The van der Waals surface area contributed by atoms with E-state index in [1.807, 2.05) is 0 Å². The summed E-state index contributed by atoms with van der Waals surface area (Å²) in [6.45, 7) is -0.356. The maximum absolute atomic E-state index is 11.4. The number of halogens is 3. The molecule has 0 amide bonds. The lowest BCUT2D eigenvalue weighted by Crippen LogP contribution is -2.29. The summed E-state index contributed by atoms with van der Waals surface area (Å²) in [6.07, 6.45) is -5.17. The Balaban J connectivity index is 3.77. The van der Waals surface area contributed by atoms with Crippen LogP contribution in [-0.4, -0.2) is 31.7 Å². The second kappa shape index (κ2) is 4.65. The fraction of sp³-hybridized carbons (Fsp3) is 0.600. The lowest BCUT2D eigenvalue weighted by Gasteiger charge is -2.04. The van der Waals surface area contributed by atoms with Gasteiger partial charge in [0.05, 0.1) is 6.54 Å². The summed E-state index contributed by atoms with van der Waals surface area (Å²) in [6, 6.07) is 0. The van der Waals surface area contributed by atoms with Gasteiger partial charge in [0, 0.05) is 0 Å². The van der Waals surface area contributed by atoms with Crippen molar-refractivity contribution in [2.45, 2.75) is 6.18 Å². The number of hydrogen-bond donors (Lipinski definition) is 1. The summed E-state index contributed by atoms with van der Waals surface area (Å²) < 4.78 is 34.2. The molecule has 0 saturated heterocycles. The van der Waals surface area contributed by atoms with Crippen LogP contribution < -0.4 is 5.32 Å². The Morgan fingerprint density at radius 2 is 1.85 bits per heavy atom. The minimum absolute atomic E-state index is 0.356. The Morgan fingerprint density at radius 1 is 1.31 bits per heavy atom. The van der Waals surface area contributed by atoms with E-state index in [9.17, 15) is 22.8 Å². The standard InChI is InChI=1S/C5H6F3NO4/c1-9-2-3(10)12-13-4(11)5(6,7)8/h9H,2H2,1H3. The van der Waals surface area contributed by atoms with Crippen LogP contribution in [0.25, 0.3) is 0 Å². The Labute approximate surface area is 70.7 Å². The topological polar surface area (TPSA) is 64.6 Å². The van der Waals surface area contributed by atoms with Gasteiger partial charge in [-0.1, -0.05) is 0 Å². The second-order valence-electron chi connectivity index (χ2n) is 1.85. The lowest BCUT2D eigenvalue weighted by molar-refractivity contribution is -0.285. The van der Waals surface area contributed by atoms with Gasteiger partial charge >= 0.3 is 18.1 Å². The van der Waals surface area contributed by atoms with Gasteiger partial charge in [-0.3, -0.25) is 0 Å². The summed E-state index contributed by atoms with van der Waals surface area (Å²) in [5, 5.41) is 2.28. The maximum atomic E-state index is 11.4. The molecule has 0 aliphatic carbocycles. The molecule has 0 heterocycles. The molecule has 0 unspecified atom stereocenters. The van der Waals surface area contributed by atoms with Gasteiger partial charge in [-0.2, -0.15) is 13.2 Å². The quantitative estimate of drug-likeness (QED) is 0.493. The van der Waals surface area contributed by atoms with E-state index in [4.69, 9.17) is 0 Å². The van der Waals surface area contributed by atoms with Gasteiger partial charge in [-0.15, -0.1) is 0 Å². The molecule has 0 rings (SSSR count). The molecule has 76 valence electrons. The monoisotopic (exact) mass is 201 g/mol. The van der Waals surface area contributed by atoms with E-state index in [1.165, 1.54) is 7.05 Å². The van der Waals surface area contributed by atoms with E-state index in [0.717, 1.165) is 0 Å². The van der Waals surface area contributed by atoms with E-state index in [-0.39, 0.29) is 6.54 Å². The molecule has 0 aromatic carbocycles. The molecular weight excluding hydrogens is 195 g/mol. The number of likely N-dealkylation sites (N-methyl/N-ethyl adjacent to an activating group) is 1. The van der Waals surface area contributed by atoms with Crippen molar-refractivity contribution in [3.63, 3.8) is 0 Å². The van der Waals surface area contributed by atoms with Crippen LogP contribution in [0.1, 0.15) is 0 Å². The van der Waals surface area contributed by atoms with E-state index < -0.39 is 18.1 Å². The first kappa shape index (κ1) is 11.7. The average molecular weight is 201 g/mol. The zero-order valence-corrected chi connectivity index (χ0v) is 6.47. The van der Waals surface area contributed by atoms with Crippen LogP contribution in [0.4, 0.5) is 13.2 Å².